The summed E-state index contributed by atoms with van der Waals surface area (Å²) in [4.78, 5) is 16.5. The van der Waals surface area contributed by atoms with Crippen LogP contribution in [0.15, 0.2) is 0 Å². The number of piperidine rings is 2. The molecule has 0 bridgehead atoms. The molecule has 0 aromatic carbocycles. The second kappa shape index (κ2) is 10.7. The molecule has 0 radical (unpaired) electrons. The van der Waals surface area contributed by atoms with Crippen molar-refractivity contribution in [3.8, 4) is 0 Å². The fourth-order valence-corrected chi connectivity index (χ4v) is 11.8. The number of hydrogen-bond donors (Lipinski definition) is 5. The van der Waals surface area contributed by atoms with E-state index in [-0.39, 0.29) is 23.5 Å². The first kappa shape index (κ1) is 30.0. The molecule has 0 spiro atoms. The van der Waals surface area contributed by atoms with E-state index in [0.29, 0.717) is 60.1 Å². The Hall–Kier alpha value is -0.650. The third-order valence-electron chi connectivity index (χ3n) is 14.0. The lowest BCUT2D eigenvalue weighted by molar-refractivity contribution is -0.315. The first-order valence-electron chi connectivity index (χ1n) is 16.9. The topological polar surface area (TPSA) is 140 Å². The number of aliphatic hydroxyl groups excluding tert-OH is 4. The van der Waals surface area contributed by atoms with E-state index in [1.807, 2.05) is 0 Å². The maximum Gasteiger partial charge on any atom is 0.186 e. The van der Waals surface area contributed by atoms with Gasteiger partial charge in [0.15, 0.2) is 6.29 Å². The van der Waals surface area contributed by atoms with Gasteiger partial charge in [0.25, 0.3) is 0 Å². The molecule has 4 saturated carbocycles. The Morgan fingerprint density at radius 3 is 2.45 bits per heavy atom. The number of ketones is 1. The van der Waals surface area contributed by atoms with Crippen LogP contribution in [0.5, 0.6) is 0 Å². The van der Waals surface area contributed by atoms with Crippen molar-refractivity contribution < 1.29 is 39.8 Å². The van der Waals surface area contributed by atoms with Crippen molar-refractivity contribution >= 4 is 5.78 Å². The molecule has 3 saturated heterocycles. The SMILES string of the molecule is C[C@H]1CC[C@@H]2N(CC3[C@@H](CC[C@H]4C5CC(=O)[C@H]6CC(OC7O[C@H](CO)[C@@H](O)[C@H](O)[C@H]7O)CC[C@]6(C)[C@H]5C[C@@H]34)[C@]2(C)O)C1. The highest BCUT2D eigenvalue weighted by Crippen LogP contribution is 2.66. The fraction of sp³-hybridized carbons (Fsp3) is 0.970. The average molecular weight is 592 g/mol. The Labute approximate surface area is 249 Å². The van der Waals surface area contributed by atoms with Gasteiger partial charge in [0.05, 0.1) is 18.3 Å². The van der Waals surface area contributed by atoms with Crippen LogP contribution in [0.25, 0.3) is 0 Å². The zero-order valence-electron chi connectivity index (χ0n) is 25.6. The normalized spacial score (nSPS) is 57.9. The molecule has 0 amide bonds. The van der Waals surface area contributed by atoms with Gasteiger partial charge in [0.2, 0.25) is 0 Å². The van der Waals surface area contributed by atoms with Gasteiger partial charge < -0.3 is 35.0 Å². The van der Waals surface area contributed by atoms with E-state index in [1.165, 1.54) is 6.42 Å². The number of nitrogens with zero attached hydrogens (tertiary/aromatic N) is 1. The van der Waals surface area contributed by atoms with Crippen molar-refractivity contribution in [1.82, 2.24) is 4.90 Å². The molecule has 238 valence electrons. The van der Waals surface area contributed by atoms with Crippen LogP contribution in [0.2, 0.25) is 0 Å². The number of hydrogen-bond acceptors (Lipinski definition) is 9. The van der Waals surface area contributed by atoms with E-state index in [9.17, 15) is 30.3 Å². The maximum absolute atomic E-state index is 13.9. The quantitative estimate of drug-likeness (QED) is 0.310. The van der Waals surface area contributed by atoms with E-state index in [4.69, 9.17) is 9.47 Å². The van der Waals surface area contributed by atoms with E-state index in [1.54, 1.807) is 0 Å². The van der Waals surface area contributed by atoms with Crippen LogP contribution in [-0.4, -0.2) is 104 Å². The molecule has 42 heavy (non-hydrogen) atoms. The highest BCUT2D eigenvalue weighted by Gasteiger charge is 2.64. The zero-order chi connectivity index (χ0) is 29.7. The fourth-order valence-electron chi connectivity index (χ4n) is 11.8. The van der Waals surface area contributed by atoms with Gasteiger partial charge >= 0.3 is 0 Å². The van der Waals surface area contributed by atoms with Gasteiger partial charge in [-0.05, 0) is 105 Å². The number of carbonyl (C=O) groups is 1. The summed E-state index contributed by atoms with van der Waals surface area (Å²) in [6.07, 6.45) is 1.67. The minimum atomic E-state index is -1.47. The third kappa shape index (κ3) is 4.50. The van der Waals surface area contributed by atoms with Crippen LogP contribution in [-0.2, 0) is 14.3 Å². The number of rotatable bonds is 3. The molecule has 5 N–H and O–H groups in total. The monoisotopic (exact) mass is 591 g/mol. The van der Waals surface area contributed by atoms with Gasteiger partial charge in [0.1, 0.15) is 30.2 Å². The molecule has 9 nitrogen and oxygen atoms in total. The van der Waals surface area contributed by atoms with E-state index in [0.717, 1.165) is 51.6 Å². The van der Waals surface area contributed by atoms with Gasteiger partial charge in [-0.3, -0.25) is 9.69 Å². The van der Waals surface area contributed by atoms with Crippen molar-refractivity contribution in [2.24, 2.45) is 52.8 Å². The molecule has 17 atom stereocenters. The third-order valence-corrected chi connectivity index (χ3v) is 14.0. The largest absolute Gasteiger partial charge is 0.394 e. The Bertz CT molecular complexity index is 1040. The molecule has 4 aliphatic carbocycles. The maximum atomic E-state index is 13.9. The van der Waals surface area contributed by atoms with Crippen molar-refractivity contribution in [3.05, 3.63) is 0 Å². The van der Waals surface area contributed by atoms with E-state index < -0.39 is 42.9 Å². The molecule has 3 aliphatic heterocycles. The van der Waals surface area contributed by atoms with Crippen LogP contribution in [0, 0.1) is 52.8 Å². The summed E-state index contributed by atoms with van der Waals surface area (Å²) >= 11 is 0. The number of Topliss-reactive ketones (excluding diaryl/α,β-unsaturated/α-hetero) is 1. The molecule has 3 heterocycles. The average Bonchev–Trinajstić information content (AvgIpc) is 3.33. The number of fused-ring (bicyclic) bond motifs is 8. The first-order chi connectivity index (χ1) is 19.9. The van der Waals surface area contributed by atoms with Crippen molar-refractivity contribution in [2.75, 3.05) is 19.7 Å². The Balaban J connectivity index is 1.07. The van der Waals surface area contributed by atoms with Crippen LogP contribution < -0.4 is 0 Å². The second-order valence-corrected chi connectivity index (χ2v) is 16.0. The lowest BCUT2D eigenvalue weighted by Crippen LogP contribution is -2.67. The van der Waals surface area contributed by atoms with E-state index >= 15 is 0 Å². The smallest absolute Gasteiger partial charge is 0.186 e. The van der Waals surface area contributed by atoms with Crippen LogP contribution in [0.4, 0.5) is 0 Å². The summed E-state index contributed by atoms with van der Waals surface area (Å²) in [5.74, 6) is 3.79. The molecule has 0 aromatic rings. The molecule has 4 unspecified atom stereocenters. The standard InChI is InChI=1S/C33H53NO8/c1-16-4-7-27-33(3,40)22-6-5-18-19(21(22)14-34(27)13-16)11-23-20(18)12-25(36)24-10-17(8-9-32(23,24)2)41-31-30(39)29(38)28(37)26(15-35)42-31/h16-24,26-31,35,37-40H,4-15H2,1-3H3/t16-,17?,18+,19+,20?,21?,22+,23-,24+,26+,27-,28+,29-,30+,31?,32+,33-/m0/s1. The van der Waals surface area contributed by atoms with Crippen LogP contribution >= 0.6 is 0 Å². The predicted molar refractivity (Wildman–Crippen MR) is 153 cm³/mol. The molecular weight excluding hydrogens is 538 g/mol. The molecule has 7 aliphatic rings. The highest BCUT2D eigenvalue weighted by molar-refractivity contribution is 5.83. The Morgan fingerprint density at radius 2 is 1.69 bits per heavy atom. The molecule has 9 heteroatoms. The summed E-state index contributed by atoms with van der Waals surface area (Å²) in [5.41, 5.74) is -0.745. The number of carbonyl (C=O) groups excluding carboxylic acids is 1. The molecule has 7 fully saturated rings. The summed E-state index contributed by atoms with van der Waals surface area (Å²) in [7, 11) is 0. The Kier molecular flexibility index (Phi) is 7.66. The Morgan fingerprint density at radius 1 is 0.905 bits per heavy atom. The van der Waals surface area contributed by atoms with Crippen molar-refractivity contribution in [2.45, 2.75) is 127 Å². The first-order valence-corrected chi connectivity index (χ1v) is 16.9. The predicted octanol–water partition coefficient (Wildman–Crippen LogP) is 1.71. The van der Waals surface area contributed by atoms with Crippen molar-refractivity contribution in [1.29, 1.82) is 0 Å². The van der Waals surface area contributed by atoms with Gasteiger partial charge in [0, 0.05) is 31.5 Å². The van der Waals surface area contributed by atoms with Gasteiger partial charge in [-0.1, -0.05) is 13.8 Å². The van der Waals surface area contributed by atoms with Gasteiger partial charge in [-0.2, -0.15) is 0 Å². The number of ether oxygens (including phenoxy) is 2. The lowest BCUT2D eigenvalue weighted by Gasteiger charge is -2.59. The van der Waals surface area contributed by atoms with Crippen molar-refractivity contribution in [3.63, 3.8) is 0 Å². The van der Waals surface area contributed by atoms with Crippen LogP contribution in [0.3, 0.4) is 0 Å². The molecule has 0 aromatic heterocycles. The summed E-state index contributed by atoms with van der Waals surface area (Å²) < 4.78 is 11.8. The summed E-state index contributed by atoms with van der Waals surface area (Å²) in [6.45, 7) is 8.49. The number of aliphatic hydroxyl groups is 5. The van der Waals surface area contributed by atoms with Crippen LogP contribution in [0.1, 0.15) is 78.6 Å². The minimum Gasteiger partial charge on any atom is -0.394 e. The summed E-state index contributed by atoms with van der Waals surface area (Å²) in [6, 6.07) is 0.276. The second-order valence-electron chi connectivity index (χ2n) is 16.0. The summed E-state index contributed by atoms with van der Waals surface area (Å²) in [5, 5.41) is 52.4. The van der Waals surface area contributed by atoms with E-state index in [2.05, 4.69) is 25.7 Å². The minimum absolute atomic E-state index is 0.0958. The zero-order valence-corrected chi connectivity index (χ0v) is 25.6. The highest BCUT2D eigenvalue weighted by atomic mass is 16.7. The molecular formula is C33H53NO8. The van der Waals surface area contributed by atoms with Gasteiger partial charge in [-0.15, -0.1) is 0 Å². The lowest BCUT2D eigenvalue weighted by atomic mass is 9.51. The molecule has 7 rings (SSSR count). The van der Waals surface area contributed by atoms with Gasteiger partial charge in [-0.25, -0.2) is 0 Å².